The monoisotopic (exact) mass is 517 g/mol. The molecule has 0 aliphatic carbocycles. The number of hydrogen-bond acceptors (Lipinski definition) is 7. The molecule has 10 heteroatoms. The lowest BCUT2D eigenvalue weighted by Crippen LogP contribution is -2.32. The maximum Gasteiger partial charge on any atom is 0.262 e. The lowest BCUT2D eigenvalue weighted by molar-refractivity contribution is -0.126. The van der Waals surface area contributed by atoms with Crippen molar-refractivity contribution in [2.24, 2.45) is 5.92 Å². The fraction of sp³-hybridized carbons (Fsp3) is 0.250. The van der Waals surface area contributed by atoms with E-state index in [4.69, 9.17) is 18.9 Å². The van der Waals surface area contributed by atoms with Crippen molar-refractivity contribution in [2.75, 3.05) is 37.3 Å². The van der Waals surface area contributed by atoms with Crippen LogP contribution in [0, 0.1) is 5.92 Å². The molecule has 3 aromatic rings. The van der Waals surface area contributed by atoms with Crippen molar-refractivity contribution in [3.05, 3.63) is 72.3 Å². The molecule has 1 saturated heterocycles. The molecule has 0 unspecified atom stereocenters. The first-order valence-corrected chi connectivity index (χ1v) is 12.1. The summed E-state index contributed by atoms with van der Waals surface area (Å²) in [5, 5.41) is 5.66. The van der Waals surface area contributed by atoms with Crippen molar-refractivity contribution >= 4 is 29.1 Å². The number of anilines is 2. The summed E-state index contributed by atoms with van der Waals surface area (Å²) in [6.07, 6.45) is 0.136. The van der Waals surface area contributed by atoms with Gasteiger partial charge < -0.3 is 34.5 Å². The Labute approximate surface area is 219 Å². The smallest absolute Gasteiger partial charge is 0.262 e. The van der Waals surface area contributed by atoms with E-state index >= 15 is 0 Å². The standard InChI is InChI=1S/C28H27N3O7/c1-35-22-7-3-20(4-8-22)30-26(32)16-36-23-9-5-21(6-10-23)31-15-19(13-27(31)33)28(34)29-14-18-2-11-24-25(12-18)38-17-37-24/h2-12,19H,13-17H2,1H3,(H,29,34)(H,30,32)/t19-/m0/s1. The average molecular weight is 518 g/mol. The molecule has 5 rings (SSSR count). The number of carbonyl (C=O) groups excluding carboxylic acids is 3. The third-order valence-corrected chi connectivity index (χ3v) is 6.29. The van der Waals surface area contributed by atoms with Crippen LogP contribution in [0.2, 0.25) is 0 Å². The molecule has 0 saturated carbocycles. The minimum Gasteiger partial charge on any atom is -0.497 e. The Morgan fingerprint density at radius 2 is 1.71 bits per heavy atom. The Hall–Kier alpha value is -4.73. The van der Waals surface area contributed by atoms with Crippen molar-refractivity contribution in [3.63, 3.8) is 0 Å². The molecule has 2 heterocycles. The quantitative estimate of drug-likeness (QED) is 0.448. The number of hydrogen-bond donors (Lipinski definition) is 2. The molecule has 38 heavy (non-hydrogen) atoms. The molecule has 2 aliphatic rings. The molecule has 1 atom stereocenters. The van der Waals surface area contributed by atoms with E-state index in [1.165, 1.54) is 0 Å². The number of nitrogens with one attached hydrogen (secondary N) is 2. The highest BCUT2D eigenvalue weighted by Crippen LogP contribution is 2.32. The summed E-state index contributed by atoms with van der Waals surface area (Å²) in [4.78, 5) is 39.1. The second-order valence-corrected chi connectivity index (χ2v) is 8.87. The summed E-state index contributed by atoms with van der Waals surface area (Å²) in [5.74, 6) is 1.47. The molecule has 1 fully saturated rings. The molecular weight excluding hydrogens is 490 g/mol. The Bertz CT molecular complexity index is 1330. The summed E-state index contributed by atoms with van der Waals surface area (Å²) in [6.45, 7) is 0.645. The first kappa shape index (κ1) is 24.9. The van der Waals surface area contributed by atoms with E-state index in [9.17, 15) is 14.4 Å². The van der Waals surface area contributed by atoms with E-state index < -0.39 is 5.92 Å². The van der Waals surface area contributed by atoms with Gasteiger partial charge in [0.2, 0.25) is 18.6 Å². The highest BCUT2D eigenvalue weighted by atomic mass is 16.7. The molecule has 0 radical (unpaired) electrons. The fourth-order valence-electron chi connectivity index (χ4n) is 4.26. The molecular formula is C28H27N3O7. The zero-order valence-corrected chi connectivity index (χ0v) is 20.8. The SMILES string of the molecule is COc1ccc(NC(=O)COc2ccc(N3C[C@@H](C(=O)NCc4ccc5c(c4)OCO5)CC3=O)cc2)cc1. The zero-order chi connectivity index (χ0) is 26.5. The van der Waals surface area contributed by atoms with Gasteiger partial charge in [-0.05, 0) is 66.2 Å². The Morgan fingerprint density at radius 1 is 0.974 bits per heavy atom. The summed E-state index contributed by atoms with van der Waals surface area (Å²) in [5.41, 5.74) is 2.19. The topological polar surface area (TPSA) is 115 Å². The number of rotatable bonds is 9. The van der Waals surface area contributed by atoms with Gasteiger partial charge in [0.15, 0.2) is 18.1 Å². The number of carbonyl (C=O) groups is 3. The highest BCUT2D eigenvalue weighted by molar-refractivity contribution is 6.00. The zero-order valence-electron chi connectivity index (χ0n) is 20.8. The molecule has 3 amide bonds. The first-order chi connectivity index (χ1) is 18.5. The van der Waals surface area contributed by atoms with Crippen LogP contribution >= 0.6 is 0 Å². The van der Waals surface area contributed by atoms with Crippen LogP contribution in [0.15, 0.2) is 66.7 Å². The van der Waals surface area contributed by atoms with Crippen LogP contribution in [0.25, 0.3) is 0 Å². The normalized spacial score (nSPS) is 15.8. The van der Waals surface area contributed by atoms with E-state index in [2.05, 4.69) is 10.6 Å². The summed E-state index contributed by atoms with van der Waals surface area (Å²) >= 11 is 0. The van der Waals surface area contributed by atoms with Gasteiger partial charge in [-0.15, -0.1) is 0 Å². The summed E-state index contributed by atoms with van der Waals surface area (Å²) in [7, 11) is 1.57. The maximum atomic E-state index is 12.7. The van der Waals surface area contributed by atoms with Gasteiger partial charge in [0, 0.05) is 30.9 Å². The second kappa shape index (κ2) is 11.1. The van der Waals surface area contributed by atoms with E-state index in [-0.39, 0.29) is 44.1 Å². The Kier molecular flexibility index (Phi) is 7.30. The van der Waals surface area contributed by atoms with Gasteiger partial charge >= 0.3 is 0 Å². The van der Waals surface area contributed by atoms with E-state index in [0.717, 1.165) is 5.56 Å². The maximum absolute atomic E-state index is 12.7. The van der Waals surface area contributed by atoms with Crippen LogP contribution in [-0.4, -0.2) is 44.8 Å². The van der Waals surface area contributed by atoms with Crippen molar-refractivity contribution in [3.8, 4) is 23.0 Å². The van der Waals surface area contributed by atoms with Crippen LogP contribution < -0.4 is 34.5 Å². The average Bonchev–Trinajstić information content (AvgIpc) is 3.57. The van der Waals surface area contributed by atoms with Gasteiger partial charge in [-0.25, -0.2) is 0 Å². The molecule has 0 spiro atoms. The number of benzene rings is 3. The highest BCUT2D eigenvalue weighted by Gasteiger charge is 2.35. The van der Waals surface area contributed by atoms with Crippen molar-refractivity contribution in [2.45, 2.75) is 13.0 Å². The van der Waals surface area contributed by atoms with Crippen molar-refractivity contribution in [1.29, 1.82) is 0 Å². The molecule has 0 aromatic heterocycles. The second-order valence-electron chi connectivity index (χ2n) is 8.87. The Morgan fingerprint density at radius 3 is 2.47 bits per heavy atom. The predicted molar refractivity (Wildman–Crippen MR) is 138 cm³/mol. The molecule has 10 nitrogen and oxygen atoms in total. The first-order valence-electron chi connectivity index (χ1n) is 12.1. The number of nitrogens with zero attached hydrogens (tertiary/aromatic N) is 1. The van der Waals surface area contributed by atoms with Crippen molar-refractivity contribution < 1.29 is 33.3 Å². The predicted octanol–water partition coefficient (Wildman–Crippen LogP) is 3.11. The Balaban J connectivity index is 1.09. The minimum atomic E-state index is -0.450. The number of methoxy groups -OCH3 is 1. The number of amides is 3. The van der Waals surface area contributed by atoms with E-state index in [0.29, 0.717) is 40.9 Å². The molecule has 2 aliphatic heterocycles. The lowest BCUT2D eigenvalue weighted by Gasteiger charge is -2.17. The van der Waals surface area contributed by atoms with Crippen LogP contribution in [0.4, 0.5) is 11.4 Å². The molecule has 196 valence electrons. The molecule has 0 bridgehead atoms. The van der Waals surface area contributed by atoms with Crippen molar-refractivity contribution in [1.82, 2.24) is 5.32 Å². The molecule has 2 N–H and O–H groups in total. The van der Waals surface area contributed by atoms with E-state index in [1.54, 1.807) is 60.5 Å². The third kappa shape index (κ3) is 5.80. The fourth-order valence-corrected chi connectivity index (χ4v) is 4.26. The third-order valence-electron chi connectivity index (χ3n) is 6.29. The van der Waals surface area contributed by atoms with E-state index in [1.807, 2.05) is 18.2 Å². The van der Waals surface area contributed by atoms with Gasteiger partial charge in [-0.1, -0.05) is 6.07 Å². The lowest BCUT2D eigenvalue weighted by atomic mass is 10.1. The summed E-state index contributed by atoms with van der Waals surface area (Å²) < 4.78 is 21.3. The number of ether oxygens (including phenoxy) is 4. The minimum absolute atomic E-state index is 0.124. The summed E-state index contributed by atoms with van der Waals surface area (Å²) in [6, 6.07) is 19.4. The van der Waals surface area contributed by atoms with Gasteiger partial charge in [0.1, 0.15) is 11.5 Å². The van der Waals surface area contributed by atoms with Gasteiger partial charge in [-0.3, -0.25) is 14.4 Å². The van der Waals surface area contributed by atoms with Gasteiger partial charge in [0.05, 0.1) is 13.0 Å². The number of fused-ring (bicyclic) bond motifs is 1. The van der Waals surface area contributed by atoms with Crippen LogP contribution in [0.3, 0.4) is 0 Å². The van der Waals surface area contributed by atoms with Gasteiger partial charge in [-0.2, -0.15) is 0 Å². The van der Waals surface area contributed by atoms with Gasteiger partial charge in [0.25, 0.3) is 5.91 Å². The van der Waals surface area contributed by atoms with Crippen LogP contribution in [-0.2, 0) is 20.9 Å². The molecule has 3 aromatic carbocycles. The van der Waals surface area contributed by atoms with Crippen LogP contribution in [0.5, 0.6) is 23.0 Å². The largest absolute Gasteiger partial charge is 0.497 e. The van der Waals surface area contributed by atoms with Crippen LogP contribution in [0.1, 0.15) is 12.0 Å².